The van der Waals surface area contributed by atoms with Crippen molar-refractivity contribution >= 4 is 44.5 Å². The van der Waals surface area contributed by atoms with Crippen LogP contribution in [0.15, 0.2) is 56.2 Å². The van der Waals surface area contributed by atoms with Crippen molar-refractivity contribution in [3.8, 4) is 0 Å². The van der Waals surface area contributed by atoms with Crippen LogP contribution in [0, 0.1) is 0 Å². The van der Waals surface area contributed by atoms with Crippen LogP contribution in [0.4, 0.5) is 5.69 Å². The van der Waals surface area contributed by atoms with Crippen molar-refractivity contribution in [1.29, 1.82) is 0 Å². The molecule has 0 atom stereocenters. The number of nitrogens with two attached hydrogens (primary N) is 1. The van der Waals surface area contributed by atoms with Crippen LogP contribution in [0.5, 0.6) is 0 Å². The maximum Gasteiger partial charge on any atom is 0.205 e. The number of rotatable bonds is 3. The lowest BCUT2D eigenvalue weighted by molar-refractivity contribution is 0.556. The van der Waals surface area contributed by atoms with Crippen molar-refractivity contribution in [2.45, 2.75) is 10.6 Å². The summed E-state index contributed by atoms with van der Waals surface area (Å²) in [5.74, 6) is 1.41. The van der Waals surface area contributed by atoms with Gasteiger partial charge in [0.25, 0.3) is 0 Å². The Morgan fingerprint density at radius 1 is 1.21 bits per heavy atom. The largest absolute Gasteiger partial charge is 0.440 e. The van der Waals surface area contributed by atoms with Crippen molar-refractivity contribution in [2.75, 3.05) is 5.73 Å². The molecule has 0 fully saturated rings. The molecule has 2 aromatic carbocycles. The van der Waals surface area contributed by atoms with Crippen molar-refractivity contribution in [3.63, 3.8) is 0 Å². The number of hydrogen-bond acceptors (Lipinski definition) is 4. The van der Waals surface area contributed by atoms with Crippen LogP contribution >= 0.6 is 27.7 Å². The average Bonchev–Trinajstić information content (AvgIpc) is 2.78. The third-order valence-corrected chi connectivity index (χ3v) is 4.09. The molecule has 0 aliphatic heterocycles. The SMILES string of the molecule is Nc1ccc2nc(CSc3cccc(Br)c3)oc2c1. The van der Waals surface area contributed by atoms with Gasteiger partial charge in [0.1, 0.15) is 5.52 Å². The van der Waals surface area contributed by atoms with Gasteiger partial charge < -0.3 is 10.2 Å². The second-order valence-corrected chi connectivity index (χ2v) is 6.05. The van der Waals surface area contributed by atoms with Gasteiger partial charge >= 0.3 is 0 Å². The van der Waals surface area contributed by atoms with Gasteiger partial charge in [-0.3, -0.25) is 0 Å². The maximum atomic E-state index is 5.72. The lowest BCUT2D eigenvalue weighted by Gasteiger charge is -1.98. The summed E-state index contributed by atoms with van der Waals surface area (Å²) in [6.07, 6.45) is 0. The number of oxazole rings is 1. The highest BCUT2D eigenvalue weighted by molar-refractivity contribution is 9.10. The Bertz CT molecular complexity index is 726. The minimum Gasteiger partial charge on any atom is -0.440 e. The van der Waals surface area contributed by atoms with Gasteiger partial charge in [-0.15, -0.1) is 11.8 Å². The smallest absolute Gasteiger partial charge is 0.205 e. The summed E-state index contributed by atoms with van der Waals surface area (Å²) < 4.78 is 6.75. The molecule has 1 heterocycles. The molecule has 0 saturated carbocycles. The number of benzene rings is 2. The fourth-order valence-corrected chi connectivity index (χ4v) is 3.10. The van der Waals surface area contributed by atoms with E-state index in [1.54, 1.807) is 17.8 Å². The first-order chi connectivity index (χ1) is 9.20. The number of anilines is 1. The molecule has 1 aromatic heterocycles. The number of fused-ring (bicyclic) bond motifs is 1. The van der Waals surface area contributed by atoms with Gasteiger partial charge in [-0.05, 0) is 30.3 Å². The summed E-state index contributed by atoms with van der Waals surface area (Å²) >= 11 is 5.15. The Kier molecular flexibility index (Phi) is 3.48. The molecule has 5 heteroatoms. The Labute approximate surface area is 123 Å². The molecule has 0 amide bonds. The molecule has 0 spiro atoms. The molecule has 0 unspecified atom stereocenters. The highest BCUT2D eigenvalue weighted by atomic mass is 79.9. The van der Waals surface area contributed by atoms with Crippen molar-refractivity contribution in [3.05, 3.63) is 52.8 Å². The number of hydrogen-bond donors (Lipinski definition) is 1. The quantitative estimate of drug-likeness (QED) is 0.567. The predicted molar refractivity (Wildman–Crippen MR) is 82.1 cm³/mol. The van der Waals surface area contributed by atoms with E-state index in [2.05, 4.69) is 33.0 Å². The standard InChI is InChI=1S/C14H11BrN2OS/c15-9-2-1-3-11(6-9)19-8-14-17-12-5-4-10(16)7-13(12)18-14/h1-7H,8,16H2. The number of thioether (sulfide) groups is 1. The van der Waals surface area contributed by atoms with E-state index in [1.165, 1.54) is 4.90 Å². The Morgan fingerprint density at radius 2 is 2.11 bits per heavy atom. The second kappa shape index (κ2) is 5.27. The summed E-state index contributed by atoms with van der Waals surface area (Å²) in [6, 6.07) is 13.7. The van der Waals surface area contributed by atoms with Crippen LogP contribution in [-0.4, -0.2) is 4.98 Å². The van der Waals surface area contributed by atoms with Gasteiger partial charge in [0.2, 0.25) is 5.89 Å². The number of nitrogens with zero attached hydrogens (tertiary/aromatic N) is 1. The third kappa shape index (κ3) is 2.93. The first kappa shape index (κ1) is 12.6. The molecule has 0 saturated heterocycles. The lowest BCUT2D eigenvalue weighted by atomic mass is 10.3. The molecule has 0 aliphatic carbocycles. The Morgan fingerprint density at radius 3 is 2.95 bits per heavy atom. The van der Waals surface area contributed by atoms with Crippen LogP contribution in [0.25, 0.3) is 11.1 Å². The minimum atomic E-state index is 0.690. The minimum absolute atomic E-state index is 0.690. The van der Waals surface area contributed by atoms with Crippen LogP contribution in [0.3, 0.4) is 0 Å². The van der Waals surface area contributed by atoms with E-state index < -0.39 is 0 Å². The summed E-state index contributed by atoms with van der Waals surface area (Å²) in [7, 11) is 0. The maximum absolute atomic E-state index is 5.72. The average molecular weight is 335 g/mol. The summed E-state index contributed by atoms with van der Waals surface area (Å²) in [4.78, 5) is 5.61. The number of aromatic nitrogens is 1. The zero-order valence-corrected chi connectivity index (χ0v) is 12.4. The molecule has 19 heavy (non-hydrogen) atoms. The third-order valence-electron chi connectivity index (χ3n) is 2.62. The van der Waals surface area contributed by atoms with E-state index in [0.29, 0.717) is 17.3 Å². The van der Waals surface area contributed by atoms with Gasteiger partial charge in [-0.2, -0.15) is 0 Å². The summed E-state index contributed by atoms with van der Waals surface area (Å²) in [5, 5.41) is 0. The van der Waals surface area contributed by atoms with Crippen molar-refractivity contribution in [1.82, 2.24) is 4.98 Å². The zero-order chi connectivity index (χ0) is 13.2. The zero-order valence-electron chi connectivity index (χ0n) is 9.97. The molecule has 3 nitrogen and oxygen atoms in total. The van der Waals surface area contributed by atoms with Gasteiger partial charge in [-0.1, -0.05) is 22.0 Å². The highest BCUT2D eigenvalue weighted by Crippen LogP contribution is 2.27. The predicted octanol–water partition coefficient (Wildman–Crippen LogP) is 4.46. The summed E-state index contributed by atoms with van der Waals surface area (Å²) in [6.45, 7) is 0. The molecular formula is C14H11BrN2OS. The fraction of sp³-hybridized carbons (Fsp3) is 0.0714. The van der Waals surface area contributed by atoms with Gasteiger partial charge in [-0.25, -0.2) is 4.98 Å². The first-order valence-electron chi connectivity index (χ1n) is 5.74. The van der Waals surface area contributed by atoms with Crippen LogP contribution in [-0.2, 0) is 5.75 Å². The second-order valence-electron chi connectivity index (χ2n) is 4.08. The molecular weight excluding hydrogens is 324 g/mol. The van der Waals surface area contributed by atoms with Gasteiger partial charge in [0.15, 0.2) is 5.58 Å². The van der Waals surface area contributed by atoms with Crippen LogP contribution in [0.2, 0.25) is 0 Å². The fourth-order valence-electron chi connectivity index (χ4n) is 1.75. The first-order valence-corrected chi connectivity index (χ1v) is 7.52. The molecule has 0 bridgehead atoms. The molecule has 0 radical (unpaired) electrons. The van der Waals surface area contributed by atoms with E-state index in [0.717, 1.165) is 15.6 Å². The monoisotopic (exact) mass is 334 g/mol. The van der Waals surface area contributed by atoms with Crippen molar-refractivity contribution < 1.29 is 4.42 Å². The Hall–Kier alpha value is -1.46. The summed E-state index contributed by atoms with van der Waals surface area (Å²) in [5.41, 5.74) is 7.99. The molecule has 2 N–H and O–H groups in total. The highest BCUT2D eigenvalue weighted by Gasteiger charge is 2.06. The normalized spacial score (nSPS) is 11.0. The van der Waals surface area contributed by atoms with Crippen LogP contribution < -0.4 is 5.73 Å². The number of halogens is 1. The molecule has 96 valence electrons. The van der Waals surface area contributed by atoms with Crippen molar-refractivity contribution in [2.24, 2.45) is 0 Å². The number of nitrogen functional groups attached to an aromatic ring is 1. The van der Waals surface area contributed by atoms with E-state index in [4.69, 9.17) is 10.2 Å². The van der Waals surface area contributed by atoms with E-state index in [1.807, 2.05) is 24.3 Å². The van der Waals surface area contributed by atoms with Gasteiger partial charge in [0, 0.05) is 21.1 Å². The van der Waals surface area contributed by atoms with Crippen LogP contribution in [0.1, 0.15) is 5.89 Å². The van der Waals surface area contributed by atoms with Gasteiger partial charge in [0.05, 0.1) is 5.75 Å². The topological polar surface area (TPSA) is 52.0 Å². The Balaban J connectivity index is 1.78. The molecule has 3 aromatic rings. The van der Waals surface area contributed by atoms with E-state index >= 15 is 0 Å². The molecule has 3 rings (SSSR count). The van der Waals surface area contributed by atoms with E-state index in [9.17, 15) is 0 Å². The lowest BCUT2D eigenvalue weighted by Crippen LogP contribution is -1.81. The van der Waals surface area contributed by atoms with E-state index in [-0.39, 0.29) is 0 Å². The molecule has 0 aliphatic rings.